The molecule has 0 aromatic rings. The van der Waals surface area contributed by atoms with E-state index in [1.165, 1.54) is 64.5 Å². The summed E-state index contributed by atoms with van der Waals surface area (Å²) < 4.78 is 0. The molecule has 0 aromatic carbocycles. The third kappa shape index (κ3) is 3.00. The lowest BCUT2D eigenvalue weighted by Crippen LogP contribution is -2.51. The largest absolute Gasteiger partial charge is 0.393 e. The van der Waals surface area contributed by atoms with E-state index in [-0.39, 0.29) is 6.10 Å². The van der Waals surface area contributed by atoms with Crippen molar-refractivity contribution in [2.75, 3.05) is 13.1 Å². The number of rotatable bonds is 5. The van der Waals surface area contributed by atoms with E-state index in [9.17, 15) is 5.11 Å². The molecule has 1 spiro atoms. The zero-order valence-electron chi connectivity index (χ0n) is 12.6. The predicted octanol–water partition coefficient (Wildman–Crippen LogP) is 3.58. The molecule has 0 amide bonds. The first kappa shape index (κ1) is 13.9. The maximum absolute atomic E-state index is 10.1. The molecule has 3 aliphatic carbocycles. The van der Waals surface area contributed by atoms with E-state index >= 15 is 0 Å². The monoisotopic (exact) mass is 265 g/mol. The summed E-state index contributed by atoms with van der Waals surface area (Å²) in [6.07, 6.45) is 13.4. The predicted molar refractivity (Wildman–Crippen MR) is 79.1 cm³/mol. The molecule has 0 bridgehead atoms. The second kappa shape index (κ2) is 5.73. The molecule has 0 heterocycles. The average Bonchev–Trinajstić information content (AvgIpc) is 3.13. The zero-order chi connectivity index (χ0) is 13.3. The second-order valence-electron chi connectivity index (χ2n) is 7.37. The Balaban J connectivity index is 1.68. The van der Waals surface area contributed by atoms with E-state index in [1.54, 1.807) is 0 Å². The molecule has 0 radical (unpaired) electrons. The minimum atomic E-state index is -0.0359. The van der Waals surface area contributed by atoms with Crippen molar-refractivity contribution in [3.8, 4) is 0 Å². The van der Waals surface area contributed by atoms with Crippen LogP contribution >= 0.6 is 0 Å². The first-order valence-electron chi connectivity index (χ1n) is 8.65. The molecule has 19 heavy (non-hydrogen) atoms. The van der Waals surface area contributed by atoms with Crippen molar-refractivity contribution in [1.29, 1.82) is 0 Å². The minimum absolute atomic E-state index is 0.0359. The van der Waals surface area contributed by atoms with Crippen LogP contribution < -0.4 is 0 Å². The quantitative estimate of drug-likeness (QED) is 0.821. The number of aliphatic hydroxyl groups excluding tert-OH is 1. The van der Waals surface area contributed by atoms with E-state index in [1.807, 2.05) is 0 Å². The van der Waals surface area contributed by atoms with Crippen LogP contribution in [-0.2, 0) is 0 Å². The summed E-state index contributed by atoms with van der Waals surface area (Å²) in [6.45, 7) is 4.77. The van der Waals surface area contributed by atoms with E-state index < -0.39 is 0 Å². The molecule has 2 heteroatoms. The summed E-state index contributed by atoms with van der Waals surface area (Å²) in [4.78, 5) is 2.73. The summed E-state index contributed by atoms with van der Waals surface area (Å²) >= 11 is 0. The van der Waals surface area contributed by atoms with Gasteiger partial charge in [-0.3, -0.25) is 0 Å². The van der Waals surface area contributed by atoms with Gasteiger partial charge in [-0.25, -0.2) is 0 Å². The highest BCUT2D eigenvalue weighted by Gasteiger charge is 2.46. The normalized spacial score (nSPS) is 34.3. The van der Waals surface area contributed by atoms with Gasteiger partial charge in [-0.1, -0.05) is 32.6 Å². The number of hydrogen-bond acceptors (Lipinski definition) is 2. The molecule has 110 valence electrons. The minimum Gasteiger partial charge on any atom is -0.393 e. The smallest absolute Gasteiger partial charge is 0.0555 e. The fourth-order valence-corrected chi connectivity index (χ4v) is 4.73. The molecule has 3 rings (SSSR count). The van der Waals surface area contributed by atoms with Crippen LogP contribution in [0.2, 0.25) is 0 Å². The van der Waals surface area contributed by atoms with E-state index in [4.69, 9.17) is 0 Å². The number of hydrogen-bond donors (Lipinski definition) is 1. The summed E-state index contributed by atoms with van der Waals surface area (Å²) in [5.41, 5.74) is 0.568. The standard InChI is InChI=1S/C17H31NO/c1-2-18(12-8-14-5-6-14)16-13-15(19)7-11-17(16)9-3-4-10-17/h14-16,19H,2-13H2,1H3. The van der Waals surface area contributed by atoms with Gasteiger partial charge >= 0.3 is 0 Å². The lowest BCUT2D eigenvalue weighted by molar-refractivity contribution is -0.0255. The van der Waals surface area contributed by atoms with Gasteiger partial charge in [0.1, 0.15) is 0 Å². The Kier molecular flexibility index (Phi) is 4.19. The Morgan fingerprint density at radius 3 is 2.47 bits per heavy atom. The van der Waals surface area contributed by atoms with Crippen LogP contribution in [0, 0.1) is 11.3 Å². The third-order valence-corrected chi connectivity index (χ3v) is 6.15. The SMILES string of the molecule is CCN(CCC1CC1)C1CC(O)CCC12CCCC2. The second-order valence-corrected chi connectivity index (χ2v) is 7.37. The van der Waals surface area contributed by atoms with Gasteiger partial charge in [0.25, 0.3) is 0 Å². The van der Waals surface area contributed by atoms with Crippen molar-refractivity contribution in [2.24, 2.45) is 11.3 Å². The molecule has 2 unspecified atom stereocenters. The molecule has 3 fully saturated rings. The highest BCUT2D eigenvalue weighted by atomic mass is 16.3. The molecular weight excluding hydrogens is 234 g/mol. The molecule has 3 aliphatic rings. The first-order valence-corrected chi connectivity index (χ1v) is 8.65. The number of aliphatic hydroxyl groups is 1. The third-order valence-electron chi connectivity index (χ3n) is 6.15. The summed E-state index contributed by atoms with van der Waals surface area (Å²) in [7, 11) is 0. The highest BCUT2D eigenvalue weighted by Crippen LogP contribution is 2.51. The molecule has 0 aromatic heterocycles. The fraction of sp³-hybridized carbons (Fsp3) is 1.00. The van der Waals surface area contributed by atoms with Crippen molar-refractivity contribution in [3.05, 3.63) is 0 Å². The molecule has 2 atom stereocenters. The van der Waals surface area contributed by atoms with Gasteiger partial charge in [0.2, 0.25) is 0 Å². The van der Waals surface area contributed by atoms with Crippen molar-refractivity contribution in [2.45, 2.75) is 83.3 Å². The van der Waals surface area contributed by atoms with Crippen molar-refractivity contribution >= 4 is 0 Å². The van der Waals surface area contributed by atoms with Crippen LogP contribution in [0.15, 0.2) is 0 Å². The Hall–Kier alpha value is -0.0800. The molecule has 0 saturated heterocycles. The highest BCUT2D eigenvalue weighted by molar-refractivity contribution is 5.00. The van der Waals surface area contributed by atoms with Gasteiger partial charge in [-0.05, 0) is 62.9 Å². The Morgan fingerprint density at radius 1 is 1.11 bits per heavy atom. The van der Waals surface area contributed by atoms with Crippen LogP contribution in [0.4, 0.5) is 0 Å². The fourth-order valence-electron chi connectivity index (χ4n) is 4.73. The molecule has 1 N–H and O–H groups in total. The van der Waals surface area contributed by atoms with Gasteiger partial charge in [0.05, 0.1) is 6.10 Å². The molecule has 3 saturated carbocycles. The molecular formula is C17H31NO. The summed E-state index contributed by atoms with van der Waals surface area (Å²) in [5, 5.41) is 10.1. The Morgan fingerprint density at radius 2 is 1.84 bits per heavy atom. The van der Waals surface area contributed by atoms with Crippen LogP contribution in [0.1, 0.15) is 71.1 Å². The maximum Gasteiger partial charge on any atom is 0.0555 e. The average molecular weight is 265 g/mol. The topological polar surface area (TPSA) is 23.5 Å². The van der Waals surface area contributed by atoms with Crippen molar-refractivity contribution < 1.29 is 5.11 Å². The Bertz CT molecular complexity index is 294. The van der Waals surface area contributed by atoms with E-state index in [2.05, 4.69) is 11.8 Å². The first-order chi connectivity index (χ1) is 9.23. The Labute approximate surface area is 118 Å². The van der Waals surface area contributed by atoms with Crippen molar-refractivity contribution in [3.63, 3.8) is 0 Å². The van der Waals surface area contributed by atoms with E-state index in [0.717, 1.165) is 18.8 Å². The van der Waals surface area contributed by atoms with Gasteiger partial charge in [0, 0.05) is 6.04 Å². The van der Waals surface area contributed by atoms with Crippen LogP contribution in [0.25, 0.3) is 0 Å². The van der Waals surface area contributed by atoms with Crippen molar-refractivity contribution in [1.82, 2.24) is 4.90 Å². The summed E-state index contributed by atoms with van der Waals surface area (Å²) in [5.74, 6) is 1.03. The summed E-state index contributed by atoms with van der Waals surface area (Å²) in [6, 6.07) is 0.669. The molecule has 0 aliphatic heterocycles. The van der Waals surface area contributed by atoms with Crippen LogP contribution in [0.5, 0.6) is 0 Å². The van der Waals surface area contributed by atoms with Gasteiger partial charge < -0.3 is 10.0 Å². The lowest BCUT2D eigenvalue weighted by atomic mass is 9.67. The molecule has 2 nitrogen and oxygen atoms in total. The lowest BCUT2D eigenvalue weighted by Gasteiger charge is -2.48. The van der Waals surface area contributed by atoms with Gasteiger partial charge in [0.15, 0.2) is 0 Å². The zero-order valence-corrected chi connectivity index (χ0v) is 12.6. The van der Waals surface area contributed by atoms with Gasteiger partial charge in [-0.2, -0.15) is 0 Å². The number of nitrogens with zero attached hydrogens (tertiary/aromatic N) is 1. The van der Waals surface area contributed by atoms with Gasteiger partial charge in [-0.15, -0.1) is 0 Å². The maximum atomic E-state index is 10.1. The van der Waals surface area contributed by atoms with Crippen LogP contribution in [-0.4, -0.2) is 35.2 Å². The van der Waals surface area contributed by atoms with E-state index in [0.29, 0.717) is 11.5 Å². The van der Waals surface area contributed by atoms with Crippen LogP contribution in [0.3, 0.4) is 0 Å².